The summed E-state index contributed by atoms with van der Waals surface area (Å²) in [7, 11) is 0. The zero-order chi connectivity index (χ0) is 10.7. The minimum atomic E-state index is -0.495. The summed E-state index contributed by atoms with van der Waals surface area (Å²) in [5, 5.41) is 0. The van der Waals surface area contributed by atoms with Crippen molar-refractivity contribution in [2.45, 2.75) is 13.8 Å². The van der Waals surface area contributed by atoms with Crippen molar-refractivity contribution in [3.8, 4) is 0 Å². The monoisotopic (exact) mass is 258 g/mol. The van der Waals surface area contributed by atoms with E-state index < -0.39 is 5.97 Å². The summed E-state index contributed by atoms with van der Waals surface area (Å²) in [4.78, 5) is 15.4. The highest BCUT2D eigenvalue weighted by Gasteiger charge is 2.14. The first kappa shape index (κ1) is 11.0. The minimum Gasteiger partial charge on any atom is -0.461 e. The molecule has 0 radical (unpaired) electrons. The van der Waals surface area contributed by atoms with Crippen LogP contribution in [0.2, 0.25) is 0 Å². The molecule has 0 spiro atoms. The maximum absolute atomic E-state index is 11.3. The van der Waals surface area contributed by atoms with Crippen LogP contribution in [0.3, 0.4) is 0 Å². The summed E-state index contributed by atoms with van der Waals surface area (Å²) in [6, 6.07) is 1.68. The molecule has 0 aliphatic carbocycles. The number of nitrogens with two attached hydrogens (primary N) is 1. The molecule has 4 nitrogen and oxygen atoms in total. The molecule has 2 N–H and O–H groups in total. The summed E-state index contributed by atoms with van der Waals surface area (Å²) in [6.07, 6.45) is 0. The van der Waals surface area contributed by atoms with E-state index in [9.17, 15) is 4.79 Å². The number of ether oxygens (including phenoxy) is 1. The molecule has 0 bridgehead atoms. The Morgan fingerprint density at radius 3 is 2.93 bits per heavy atom. The Kier molecular flexibility index (Phi) is 3.46. The number of halogens is 1. The van der Waals surface area contributed by atoms with Crippen LogP contribution in [-0.4, -0.2) is 17.6 Å². The Hall–Kier alpha value is -1.10. The second-order valence-electron chi connectivity index (χ2n) is 2.75. The maximum Gasteiger partial charge on any atom is 0.359 e. The molecular formula is C9H11BrN2O2. The van der Waals surface area contributed by atoms with Crippen LogP contribution >= 0.6 is 15.9 Å². The van der Waals surface area contributed by atoms with Crippen molar-refractivity contribution in [2.24, 2.45) is 0 Å². The quantitative estimate of drug-likeness (QED) is 0.650. The lowest BCUT2D eigenvalue weighted by Gasteiger charge is -2.06. The second-order valence-corrected chi connectivity index (χ2v) is 3.51. The van der Waals surface area contributed by atoms with E-state index in [0.717, 1.165) is 5.56 Å². The lowest BCUT2D eigenvalue weighted by Crippen LogP contribution is -2.11. The third-order valence-electron chi connectivity index (χ3n) is 1.65. The Morgan fingerprint density at radius 2 is 2.36 bits per heavy atom. The van der Waals surface area contributed by atoms with Gasteiger partial charge in [-0.15, -0.1) is 0 Å². The average Bonchev–Trinajstić information content (AvgIpc) is 2.11. The van der Waals surface area contributed by atoms with Crippen LogP contribution in [0.4, 0.5) is 5.69 Å². The number of rotatable bonds is 2. The number of hydrogen-bond acceptors (Lipinski definition) is 4. The minimum absolute atomic E-state index is 0.157. The number of pyridine rings is 1. The highest BCUT2D eigenvalue weighted by molar-refractivity contribution is 9.10. The SMILES string of the molecule is CCOC(=O)c1nc(Br)c(C)cc1N. The number of esters is 1. The van der Waals surface area contributed by atoms with Gasteiger partial charge in [-0.05, 0) is 41.4 Å². The summed E-state index contributed by atoms with van der Waals surface area (Å²) >= 11 is 3.23. The summed E-state index contributed by atoms with van der Waals surface area (Å²) in [5.41, 5.74) is 7.02. The van der Waals surface area contributed by atoms with Crippen molar-refractivity contribution in [1.29, 1.82) is 0 Å². The third kappa shape index (κ3) is 2.23. The first-order valence-corrected chi connectivity index (χ1v) is 4.95. The van der Waals surface area contributed by atoms with Crippen molar-refractivity contribution >= 4 is 27.6 Å². The van der Waals surface area contributed by atoms with Gasteiger partial charge >= 0.3 is 5.97 Å². The Balaban J connectivity index is 3.09. The molecule has 1 rings (SSSR count). The Labute approximate surface area is 90.6 Å². The summed E-state index contributed by atoms with van der Waals surface area (Å²) in [5.74, 6) is -0.495. The first-order valence-electron chi connectivity index (χ1n) is 4.16. The largest absolute Gasteiger partial charge is 0.461 e. The summed E-state index contributed by atoms with van der Waals surface area (Å²) < 4.78 is 5.41. The van der Waals surface area contributed by atoms with Crippen LogP contribution in [0.1, 0.15) is 23.0 Å². The number of nitrogen functional groups attached to an aromatic ring is 1. The van der Waals surface area contributed by atoms with Gasteiger partial charge in [-0.3, -0.25) is 0 Å². The van der Waals surface area contributed by atoms with E-state index in [1.165, 1.54) is 0 Å². The molecule has 14 heavy (non-hydrogen) atoms. The molecule has 76 valence electrons. The van der Waals surface area contributed by atoms with Crippen molar-refractivity contribution in [3.63, 3.8) is 0 Å². The molecule has 0 saturated heterocycles. The zero-order valence-electron chi connectivity index (χ0n) is 8.00. The van der Waals surface area contributed by atoms with E-state index in [2.05, 4.69) is 20.9 Å². The number of hydrogen-bond donors (Lipinski definition) is 1. The van der Waals surface area contributed by atoms with Gasteiger partial charge in [-0.2, -0.15) is 0 Å². The van der Waals surface area contributed by atoms with Gasteiger partial charge in [0.1, 0.15) is 4.60 Å². The van der Waals surface area contributed by atoms with Gasteiger partial charge in [-0.1, -0.05) is 0 Å². The Morgan fingerprint density at radius 1 is 1.71 bits per heavy atom. The molecule has 0 aromatic carbocycles. The number of carbonyl (C=O) groups is 1. The lowest BCUT2D eigenvalue weighted by atomic mass is 10.2. The molecule has 1 aromatic rings. The van der Waals surface area contributed by atoms with E-state index in [1.54, 1.807) is 13.0 Å². The highest BCUT2D eigenvalue weighted by Crippen LogP contribution is 2.19. The van der Waals surface area contributed by atoms with Gasteiger partial charge in [0.05, 0.1) is 12.3 Å². The van der Waals surface area contributed by atoms with Crippen LogP contribution in [-0.2, 0) is 4.74 Å². The van der Waals surface area contributed by atoms with Crippen LogP contribution in [0, 0.1) is 6.92 Å². The topological polar surface area (TPSA) is 65.2 Å². The van der Waals surface area contributed by atoms with Crippen LogP contribution in [0.5, 0.6) is 0 Å². The van der Waals surface area contributed by atoms with Crippen molar-refractivity contribution < 1.29 is 9.53 Å². The number of aryl methyl sites for hydroxylation is 1. The third-order valence-corrected chi connectivity index (χ3v) is 2.45. The summed E-state index contributed by atoms with van der Waals surface area (Å²) in [6.45, 7) is 3.89. The van der Waals surface area contributed by atoms with Crippen LogP contribution in [0.15, 0.2) is 10.7 Å². The second kappa shape index (κ2) is 4.41. The fraction of sp³-hybridized carbons (Fsp3) is 0.333. The number of anilines is 1. The average molecular weight is 259 g/mol. The molecule has 5 heteroatoms. The van der Waals surface area contributed by atoms with Gasteiger partial charge in [0.15, 0.2) is 5.69 Å². The Bertz CT molecular complexity index is 366. The van der Waals surface area contributed by atoms with Gasteiger partial charge in [0.2, 0.25) is 0 Å². The normalized spacial score (nSPS) is 9.93. The molecule has 0 aliphatic rings. The molecule has 0 saturated carbocycles. The van der Waals surface area contributed by atoms with Crippen molar-refractivity contribution in [1.82, 2.24) is 4.98 Å². The number of nitrogens with zero attached hydrogens (tertiary/aromatic N) is 1. The van der Waals surface area contributed by atoms with E-state index >= 15 is 0 Å². The highest BCUT2D eigenvalue weighted by atomic mass is 79.9. The first-order chi connectivity index (χ1) is 6.56. The standard InChI is InChI=1S/C9H11BrN2O2/c1-3-14-9(13)7-6(11)4-5(2)8(10)12-7/h4H,3,11H2,1-2H3. The fourth-order valence-electron chi connectivity index (χ4n) is 0.975. The van der Waals surface area contributed by atoms with Crippen molar-refractivity contribution in [2.75, 3.05) is 12.3 Å². The maximum atomic E-state index is 11.3. The molecule has 0 atom stereocenters. The predicted octanol–water partition coefficient (Wildman–Crippen LogP) is 1.91. The lowest BCUT2D eigenvalue weighted by molar-refractivity contribution is 0.0520. The van der Waals surface area contributed by atoms with Gasteiger partial charge in [0, 0.05) is 0 Å². The van der Waals surface area contributed by atoms with Crippen LogP contribution < -0.4 is 5.73 Å². The van der Waals surface area contributed by atoms with Crippen molar-refractivity contribution in [3.05, 3.63) is 21.9 Å². The molecule has 0 fully saturated rings. The number of carbonyl (C=O) groups excluding carboxylic acids is 1. The number of aromatic nitrogens is 1. The molecule has 0 amide bonds. The van der Waals surface area contributed by atoms with Gasteiger partial charge < -0.3 is 10.5 Å². The van der Waals surface area contributed by atoms with Gasteiger partial charge in [0.25, 0.3) is 0 Å². The zero-order valence-corrected chi connectivity index (χ0v) is 9.59. The molecule has 0 aliphatic heterocycles. The van der Waals surface area contributed by atoms with E-state index in [-0.39, 0.29) is 5.69 Å². The van der Waals surface area contributed by atoms with E-state index in [0.29, 0.717) is 16.9 Å². The van der Waals surface area contributed by atoms with Gasteiger partial charge in [-0.25, -0.2) is 9.78 Å². The molecule has 1 heterocycles. The fourth-order valence-corrected chi connectivity index (χ4v) is 1.27. The predicted molar refractivity (Wildman–Crippen MR) is 57.0 cm³/mol. The van der Waals surface area contributed by atoms with Crippen LogP contribution in [0.25, 0.3) is 0 Å². The molecule has 1 aromatic heterocycles. The molecular weight excluding hydrogens is 248 g/mol. The smallest absolute Gasteiger partial charge is 0.359 e. The van der Waals surface area contributed by atoms with E-state index in [4.69, 9.17) is 10.5 Å². The van der Waals surface area contributed by atoms with E-state index in [1.807, 2.05) is 6.92 Å². The molecule has 0 unspecified atom stereocenters.